The van der Waals surface area contributed by atoms with E-state index in [9.17, 15) is 4.79 Å². The maximum absolute atomic E-state index is 11.9. The van der Waals surface area contributed by atoms with Crippen molar-refractivity contribution in [2.45, 2.75) is 13.5 Å². The lowest BCUT2D eigenvalue weighted by molar-refractivity contribution is -0.116. The first-order chi connectivity index (χ1) is 11.2. The van der Waals surface area contributed by atoms with Crippen LogP contribution in [0.4, 0.5) is 0 Å². The van der Waals surface area contributed by atoms with Crippen molar-refractivity contribution >= 4 is 12.0 Å². The molecule has 0 atom stereocenters. The second kappa shape index (κ2) is 6.96. The topological polar surface area (TPSA) is 60.5 Å². The maximum Gasteiger partial charge on any atom is 0.244 e. The van der Waals surface area contributed by atoms with E-state index < -0.39 is 0 Å². The van der Waals surface area contributed by atoms with Gasteiger partial charge in [0.2, 0.25) is 5.91 Å². The van der Waals surface area contributed by atoms with Crippen LogP contribution >= 0.6 is 0 Å². The number of carbonyl (C=O) groups excluding carboxylic acids is 1. The van der Waals surface area contributed by atoms with Crippen LogP contribution < -0.4 is 14.8 Å². The number of benzene rings is 1. The summed E-state index contributed by atoms with van der Waals surface area (Å²) in [7, 11) is 0. The molecule has 1 aromatic heterocycles. The highest BCUT2D eigenvalue weighted by Crippen LogP contribution is 2.31. The van der Waals surface area contributed by atoms with Crippen LogP contribution in [-0.4, -0.2) is 24.1 Å². The first-order valence-electron chi connectivity index (χ1n) is 7.49. The molecule has 1 aliphatic rings. The summed E-state index contributed by atoms with van der Waals surface area (Å²) in [6, 6.07) is 11.3. The first kappa shape index (κ1) is 15.1. The summed E-state index contributed by atoms with van der Waals surface area (Å²) < 4.78 is 11.0. The second-order valence-electron chi connectivity index (χ2n) is 5.22. The lowest BCUT2D eigenvalue weighted by Crippen LogP contribution is -2.20. The fourth-order valence-electron chi connectivity index (χ4n) is 2.27. The van der Waals surface area contributed by atoms with Crippen LogP contribution in [0.15, 0.2) is 42.5 Å². The van der Waals surface area contributed by atoms with Gasteiger partial charge in [0.15, 0.2) is 11.5 Å². The van der Waals surface area contributed by atoms with Crippen molar-refractivity contribution < 1.29 is 14.3 Å². The third kappa shape index (κ3) is 4.10. The molecule has 0 aliphatic carbocycles. The van der Waals surface area contributed by atoms with Crippen LogP contribution in [0.25, 0.3) is 6.08 Å². The van der Waals surface area contributed by atoms with Crippen LogP contribution in [-0.2, 0) is 11.3 Å². The average molecular weight is 310 g/mol. The minimum Gasteiger partial charge on any atom is -0.486 e. The molecule has 1 aromatic carbocycles. The number of carbonyl (C=O) groups is 1. The quantitative estimate of drug-likeness (QED) is 0.881. The van der Waals surface area contributed by atoms with Gasteiger partial charge >= 0.3 is 0 Å². The molecule has 0 radical (unpaired) electrons. The smallest absolute Gasteiger partial charge is 0.244 e. The molecular weight excluding hydrogens is 292 g/mol. The minimum atomic E-state index is -0.164. The number of aryl methyl sites for hydroxylation is 1. The molecule has 0 unspecified atom stereocenters. The lowest BCUT2D eigenvalue weighted by atomic mass is 10.2. The zero-order valence-electron chi connectivity index (χ0n) is 12.9. The van der Waals surface area contributed by atoms with E-state index in [0.717, 1.165) is 22.7 Å². The lowest BCUT2D eigenvalue weighted by Gasteiger charge is -2.18. The normalized spacial score (nSPS) is 13.1. The van der Waals surface area contributed by atoms with Crippen LogP contribution in [0.5, 0.6) is 11.5 Å². The molecule has 0 saturated heterocycles. The Morgan fingerprint density at radius 1 is 1.22 bits per heavy atom. The Balaban J connectivity index is 1.58. The highest BCUT2D eigenvalue weighted by Gasteiger charge is 2.10. The van der Waals surface area contributed by atoms with E-state index in [0.29, 0.717) is 25.5 Å². The maximum atomic E-state index is 11.9. The Bertz CT molecular complexity index is 741. The molecule has 0 spiro atoms. The highest BCUT2D eigenvalue weighted by atomic mass is 16.6. The molecular formula is C18H18N2O3. The van der Waals surface area contributed by atoms with Gasteiger partial charge in [-0.25, -0.2) is 0 Å². The molecule has 0 bridgehead atoms. The molecule has 118 valence electrons. The van der Waals surface area contributed by atoms with E-state index in [1.54, 1.807) is 6.08 Å². The van der Waals surface area contributed by atoms with Crippen molar-refractivity contribution in [2.75, 3.05) is 13.2 Å². The van der Waals surface area contributed by atoms with Crippen LogP contribution in [0, 0.1) is 6.92 Å². The number of nitrogens with one attached hydrogen (secondary N) is 1. The summed E-state index contributed by atoms with van der Waals surface area (Å²) in [5.41, 5.74) is 2.66. The molecule has 5 nitrogen and oxygen atoms in total. The van der Waals surface area contributed by atoms with Crippen LogP contribution in [0.1, 0.15) is 17.0 Å². The minimum absolute atomic E-state index is 0.164. The summed E-state index contributed by atoms with van der Waals surface area (Å²) >= 11 is 0. The van der Waals surface area contributed by atoms with Crippen molar-refractivity contribution in [2.24, 2.45) is 0 Å². The summed E-state index contributed by atoms with van der Waals surface area (Å²) in [5.74, 6) is 1.29. The van der Waals surface area contributed by atoms with E-state index in [4.69, 9.17) is 9.47 Å². The van der Waals surface area contributed by atoms with Gasteiger partial charge in [-0.15, -0.1) is 0 Å². The van der Waals surface area contributed by atoms with Gasteiger partial charge in [0, 0.05) is 11.8 Å². The van der Waals surface area contributed by atoms with Gasteiger partial charge < -0.3 is 14.8 Å². The largest absolute Gasteiger partial charge is 0.486 e. The monoisotopic (exact) mass is 310 g/mol. The molecule has 1 N–H and O–H groups in total. The molecule has 2 heterocycles. The van der Waals surface area contributed by atoms with E-state index in [2.05, 4.69) is 10.3 Å². The number of hydrogen-bond donors (Lipinski definition) is 1. The molecule has 1 amide bonds. The predicted molar refractivity (Wildman–Crippen MR) is 87.3 cm³/mol. The summed E-state index contributed by atoms with van der Waals surface area (Å²) in [6.07, 6.45) is 3.25. The first-order valence-corrected chi connectivity index (χ1v) is 7.49. The standard InChI is InChI=1S/C18H18N2O3/c1-13-3-2-4-15(20-13)12-19-18(21)8-6-14-5-7-16-17(11-14)23-10-9-22-16/h2-8,11H,9-10,12H2,1H3,(H,19,21)/b8-6+. The number of fused-ring (bicyclic) bond motifs is 1. The van der Waals surface area contributed by atoms with Gasteiger partial charge in [0.25, 0.3) is 0 Å². The highest BCUT2D eigenvalue weighted by molar-refractivity contribution is 5.91. The van der Waals surface area contributed by atoms with Crippen molar-refractivity contribution in [3.63, 3.8) is 0 Å². The Morgan fingerprint density at radius 3 is 2.87 bits per heavy atom. The third-order valence-corrected chi connectivity index (χ3v) is 3.38. The number of ether oxygens (including phenoxy) is 2. The zero-order valence-corrected chi connectivity index (χ0v) is 12.9. The molecule has 2 aromatic rings. The number of amides is 1. The van der Waals surface area contributed by atoms with Gasteiger partial charge in [-0.3, -0.25) is 9.78 Å². The van der Waals surface area contributed by atoms with Crippen molar-refractivity contribution in [1.29, 1.82) is 0 Å². The third-order valence-electron chi connectivity index (χ3n) is 3.38. The molecule has 1 aliphatic heterocycles. The molecule has 3 rings (SSSR count). The van der Waals surface area contributed by atoms with Crippen molar-refractivity contribution in [1.82, 2.24) is 10.3 Å². The molecule has 23 heavy (non-hydrogen) atoms. The molecule has 5 heteroatoms. The predicted octanol–water partition coefficient (Wildman–Crippen LogP) is 2.49. The summed E-state index contributed by atoms with van der Waals surface area (Å²) in [6.45, 7) is 3.45. The van der Waals surface area contributed by atoms with E-state index in [1.165, 1.54) is 6.08 Å². The summed E-state index contributed by atoms with van der Waals surface area (Å²) in [5, 5.41) is 2.81. The van der Waals surface area contributed by atoms with Crippen molar-refractivity contribution in [3.05, 3.63) is 59.4 Å². The summed E-state index contributed by atoms with van der Waals surface area (Å²) in [4.78, 5) is 16.2. The van der Waals surface area contributed by atoms with Gasteiger partial charge in [-0.2, -0.15) is 0 Å². The zero-order chi connectivity index (χ0) is 16.1. The SMILES string of the molecule is Cc1cccc(CNC(=O)/C=C/c2ccc3c(c2)OCCO3)n1. The number of rotatable bonds is 4. The Hall–Kier alpha value is -2.82. The van der Waals surface area contributed by atoms with Gasteiger partial charge in [-0.05, 0) is 42.8 Å². The van der Waals surface area contributed by atoms with E-state index >= 15 is 0 Å². The Labute approximate surface area is 135 Å². The van der Waals surface area contributed by atoms with Gasteiger partial charge in [0.1, 0.15) is 13.2 Å². The second-order valence-corrected chi connectivity index (χ2v) is 5.22. The average Bonchev–Trinajstić information content (AvgIpc) is 2.58. The fourth-order valence-corrected chi connectivity index (χ4v) is 2.27. The number of pyridine rings is 1. The van der Waals surface area contributed by atoms with E-state index in [1.807, 2.05) is 43.3 Å². The number of aromatic nitrogens is 1. The van der Waals surface area contributed by atoms with Crippen molar-refractivity contribution in [3.8, 4) is 11.5 Å². The van der Waals surface area contributed by atoms with Crippen LogP contribution in [0.2, 0.25) is 0 Å². The Morgan fingerprint density at radius 2 is 2.04 bits per heavy atom. The number of nitrogens with zero attached hydrogens (tertiary/aromatic N) is 1. The van der Waals surface area contributed by atoms with E-state index in [-0.39, 0.29) is 5.91 Å². The number of hydrogen-bond acceptors (Lipinski definition) is 4. The van der Waals surface area contributed by atoms with Crippen LogP contribution in [0.3, 0.4) is 0 Å². The Kier molecular flexibility index (Phi) is 4.57. The fraction of sp³-hybridized carbons (Fsp3) is 0.222. The molecule has 0 saturated carbocycles. The molecule has 0 fully saturated rings. The van der Waals surface area contributed by atoms with Gasteiger partial charge in [-0.1, -0.05) is 12.1 Å². The van der Waals surface area contributed by atoms with Gasteiger partial charge in [0.05, 0.1) is 12.2 Å².